The molecule has 5 heteroatoms. The molecule has 3 rings (SSSR count). The van der Waals surface area contributed by atoms with E-state index in [4.69, 9.17) is 9.47 Å². The fraction of sp³-hybridized carbons (Fsp3) is 0.500. The molecule has 0 aliphatic carbocycles. The highest BCUT2D eigenvalue weighted by atomic mass is 16.7. The van der Waals surface area contributed by atoms with Crippen LogP contribution in [0.1, 0.15) is 28.8 Å². The molecule has 2 heterocycles. The van der Waals surface area contributed by atoms with E-state index >= 15 is 0 Å². The van der Waals surface area contributed by atoms with Crippen molar-refractivity contribution in [3.63, 3.8) is 0 Å². The van der Waals surface area contributed by atoms with Gasteiger partial charge in [0, 0.05) is 31.5 Å². The molecule has 2 saturated heterocycles. The first-order valence-corrected chi connectivity index (χ1v) is 7.31. The highest BCUT2D eigenvalue weighted by molar-refractivity contribution is 5.80. The number of carbonyl (C=O) groups excluding carboxylic acids is 2. The first-order valence-electron chi connectivity index (χ1n) is 7.31. The van der Waals surface area contributed by atoms with Gasteiger partial charge in [-0.3, -0.25) is 9.59 Å². The number of benzene rings is 1. The quantitative estimate of drug-likeness (QED) is 0.789. The van der Waals surface area contributed by atoms with Crippen molar-refractivity contribution < 1.29 is 19.1 Å². The summed E-state index contributed by atoms with van der Waals surface area (Å²) < 4.78 is 11.3. The lowest BCUT2D eigenvalue weighted by Gasteiger charge is -2.37. The van der Waals surface area contributed by atoms with E-state index in [1.165, 1.54) is 0 Å². The Morgan fingerprint density at radius 2 is 1.95 bits per heavy atom. The van der Waals surface area contributed by atoms with Crippen molar-refractivity contribution in [1.29, 1.82) is 0 Å². The van der Waals surface area contributed by atoms with E-state index in [9.17, 15) is 9.59 Å². The average molecular weight is 289 g/mol. The Hall–Kier alpha value is -1.72. The van der Waals surface area contributed by atoms with Gasteiger partial charge in [-0.15, -0.1) is 0 Å². The number of nitrogens with zero attached hydrogens (tertiary/aromatic N) is 1. The monoisotopic (exact) mass is 289 g/mol. The van der Waals surface area contributed by atoms with E-state index in [0.717, 1.165) is 24.7 Å². The fourth-order valence-corrected chi connectivity index (χ4v) is 2.95. The first-order chi connectivity index (χ1) is 10.2. The topological polar surface area (TPSA) is 55.8 Å². The fourth-order valence-electron chi connectivity index (χ4n) is 2.95. The van der Waals surface area contributed by atoms with Gasteiger partial charge in [-0.2, -0.15) is 0 Å². The van der Waals surface area contributed by atoms with Crippen molar-refractivity contribution in [2.75, 3.05) is 26.3 Å². The van der Waals surface area contributed by atoms with Gasteiger partial charge in [0.1, 0.15) is 6.29 Å². The van der Waals surface area contributed by atoms with E-state index in [2.05, 4.69) is 0 Å². The van der Waals surface area contributed by atoms with Crippen molar-refractivity contribution in [1.82, 2.24) is 4.90 Å². The number of ether oxygens (including phenoxy) is 2. The van der Waals surface area contributed by atoms with Gasteiger partial charge in [-0.05, 0) is 11.6 Å². The van der Waals surface area contributed by atoms with Gasteiger partial charge >= 0.3 is 0 Å². The van der Waals surface area contributed by atoms with Gasteiger partial charge in [0.05, 0.1) is 19.6 Å². The third-order valence-electron chi connectivity index (χ3n) is 4.13. The second-order valence-electron chi connectivity index (χ2n) is 5.53. The van der Waals surface area contributed by atoms with Gasteiger partial charge in [0.15, 0.2) is 5.79 Å². The zero-order valence-corrected chi connectivity index (χ0v) is 11.9. The minimum Gasteiger partial charge on any atom is -0.347 e. The number of carbonyl (C=O) groups is 2. The molecule has 2 aliphatic rings. The van der Waals surface area contributed by atoms with E-state index in [-0.39, 0.29) is 5.91 Å². The first kappa shape index (κ1) is 14.2. The van der Waals surface area contributed by atoms with Crippen LogP contribution < -0.4 is 0 Å². The van der Waals surface area contributed by atoms with Crippen LogP contribution in [0.4, 0.5) is 0 Å². The van der Waals surface area contributed by atoms with Gasteiger partial charge in [0.2, 0.25) is 5.91 Å². The molecule has 1 spiro atoms. The molecule has 21 heavy (non-hydrogen) atoms. The Balaban J connectivity index is 1.57. The molecule has 1 amide bonds. The minimum atomic E-state index is -0.450. The molecular weight excluding hydrogens is 270 g/mol. The van der Waals surface area contributed by atoms with E-state index in [1.807, 2.05) is 11.0 Å². The molecule has 1 aromatic rings. The molecule has 0 bridgehead atoms. The molecule has 0 radical (unpaired) electrons. The molecule has 112 valence electrons. The summed E-state index contributed by atoms with van der Waals surface area (Å²) in [4.78, 5) is 24.9. The van der Waals surface area contributed by atoms with Crippen molar-refractivity contribution in [2.24, 2.45) is 0 Å². The van der Waals surface area contributed by atoms with E-state index in [1.54, 1.807) is 18.2 Å². The van der Waals surface area contributed by atoms with Gasteiger partial charge in [0.25, 0.3) is 0 Å². The van der Waals surface area contributed by atoms with Crippen LogP contribution in [0.2, 0.25) is 0 Å². The Kier molecular flexibility index (Phi) is 4.03. The number of aldehydes is 1. The molecule has 1 aromatic carbocycles. The van der Waals surface area contributed by atoms with Crippen molar-refractivity contribution in [3.8, 4) is 0 Å². The summed E-state index contributed by atoms with van der Waals surface area (Å²) in [5.41, 5.74) is 1.48. The number of rotatable bonds is 3. The molecule has 0 N–H and O–H groups in total. The smallest absolute Gasteiger partial charge is 0.226 e. The zero-order valence-electron chi connectivity index (χ0n) is 11.9. The summed E-state index contributed by atoms with van der Waals surface area (Å²) in [6, 6.07) is 7.18. The number of likely N-dealkylation sites (tertiary alicyclic amines) is 1. The molecule has 0 unspecified atom stereocenters. The van der Waals surface area contributed by atoms with Crippen molar-refractivity contribution >= 4 is 12.2 Å². The van der Waals surface area contributed by atoms with Crippen LogP contribution in [0.15, 0.2) is 24.3 Å². The normalized spacial score (nSPS) is 20.7. The lowest BCUT2D eigenvalue weighted by atomic mass is 10.0. The summed E-state index contributed by atoms with van der Waals surface area (Å²) in [5, 5.41) is 0. The molecular formula is C16H19NO4. The van der Waals surface area contributed by atoms with Crippen molar-refractivity contribution in [3.05, 3.63) is 35.4 Å². The second kappa shape index (κ2) is 5.95. The molecule has 2 fully saturated rings. The van der Waals surface area contributed by atoms with Gasteiger partial charge in [-0.1, -0.05) is 18.2 Å². The maximum absolute atomic E-state index is 12.3. The Labute approximate surface area is 123 Å². The highest BCUT2D eigenvalue weighted by Crippen LogP contribution is 2.31. The van der Waals surface area contributed by atoms with Crippen LogP contribution in [0.25, 0.3) is 0 Å². The third kappa shape index (κ3) is 3.14. The summed E-state index contributed by atoms with van der Waals surface area (Å²) in [6.45, 7) is 2.61. The lowest BCUT2D eigenvalue weighted by Crippen LogP contribution is -2.47. The number of hydrogen-bond donors (Lipinski definition) is 0. The van der Waals surface area contributed by atoms with Crippen molar-refractivity contribution in [2.45, 2.75) is 25.0 Å². The lowest BCUT2D eigenvalue weighted by molar-refractivity contribution is -0.187. The Morgan fingerprint density at radius 3 is 2.62 bits per heavy atom. The van der Waals surface area contributed by atoms with Crippen LogP contribution >= 0.6 is 0 Å². The molecule has 0 aromatic heterocycles. The SMILES string of the molecule is O=Cc1cccc(CC(=O)N2CCC3(CC2)OCCO3)c1. The van der Waals surface area contributed by atoms with Crippen LogP contribution in [0, 0.1) is 0 Å². The Morgan fingerprint density at radius 1 is 1.24 bits per heavy atom. The molecule has 0 atom stereocenters. The molecule has 5 nitrogen and oxygen atoms in total. The van der Waals surface area contributed by atoms with E-state index in [0.29, 0.717) is 38.3 Å². The highest BCUT2D eigenvalue weighted by Gasteiger charge is 2.40. The third-order valence-corrected chi connectivity index (χ3v) is 4.13. The second-order valence-corrected chi connectivity index (χ2v) is 5.53. The van der Waals surface area contributed by atoms with Gasteiger partial charge in [-0.25, -0.2) is 0 Å². The molecule has 0 saturated carbocycles. The predicted molar refractivity (Wildman–Crippen MR) is 76.0 cm³/mol. The predicted octanol–water partition coefficient (Wildman–Crippen LogP) is 1.41. The van der Waals surface area contributed by atoms with Crippen LogP contribution in [-0.2, 0) is 20.7 Å². The maximum Gasteiger partial charge on any atom is 0.226 e. The number of amides is 1. The standard InChI is InChI=1S/C16H19NO4/c18-12-14-3-1-2-13(10-14)11-15(19)17-6-4-16(5-7-17)20-8-9-21-16/h1-3,10,12H,4-9,11H2. The molecule has 2 aliphatic heterocycles. The number of hydrogen-bond acceptors (Lipinski definition) is 4. The van der Waals surface area contributed by atoms with Crippen LogP contribution in [0.5, 0.6) is 0 Å². The Bertz CT molecular complexity index is 527. The summed E-state index contributed by atoms with van der Waals surface area (Å²) in [7, 11) is 0. The zero-order chi connectivity index (χ0) is 14.7. The van der Waals surface area contributed by atoms with Crippen LogP contribution in [-0.4, -0.2) is 49.2 Å². The minimum absolute atomic E-state index is 0.0888. The summed E-state index contributed by atoms with van der Waals surface area (Å²) in [6.07, 6.45) is 2.59. The largest absolute Gasteiger partial charge is 0.347 e. The maximum atomic E-state index is 12.3. The van der Waals surface area contributed by atoms with E-state index < -0.39 is 5.79 Å². The van der Waals surface area contributed by atoms with Gasteiger partial charge < -0.3 is 14.4 Å². The number of piperidine rings is 1. The van der Waals surface area contributed by atoms with Crippen LogP contribution in [0.3, 0.4) is 0 Å². The summed E-state index contributed by atoms with van der Waals surface area (Å²) in [5.74, 6) is -0.361. The average Bonchev–Trinajstić information content (AvgIpc) is 2.96. The summed E-state index contributed by atoms with van der Waals surface area (Å²) >= 11 is 0.